The van der Waals surface area contributed by atoms with Crippen LogP contribution in [0.5, 0.6) is 5.75 Å². The molecular weight excluding hydrogens is 630 g/mol. The van der Waals surface area contributed by atoms with Crippen LogP contribution in [0.1, 0.15) is 62.5 Å². The van der Waals surface area contributed by atoms with E-state index >= 15 is 8.78 Å². The number of amides is 2. The summed E-state index contributed by atoms with van der Waals surface area (Å²) < 4.78 is 33.6. The molecule has 3 aliphatic rings. The van der Waals surface area contributed by atoms with E-state index in [4.69, 9.17) is 5.73 Å². The van der Waals surface area contributed by atoms with Crippen LogP contribution in [0.25, 0.3) is 22.4 Å². The Balaban J connectivity index is 0.974. The summed E-state index contributed by atoms with van der Waals surface area (Å²) in [6, 6.07) is 15.5. The first-order chi connectivity index (χ1) is 23.6. The molecule has 0 spiro atoms. The summed E-state index contributed by atoms with van der Waals surface area (Å²) in [4.78, 5) is 27.7. The number of phenols is 1. The van der Waals surface area contributed by atoms with Crippen molar-refractivity contribution in [2.75, 3.05) is 30.8 Å². The number of anilines is 2. The van der Waals surface area contributed by atoms with Gasteiger partial charge in [0.2, 0.25) is 11.8 Å². The van der Waals surface area contributed by atoms with Gasteiger partial charge in [-0.2, -0.15) is 5.10 Å². The number of benzene rings is 2. The highest BCUT2D eigenvalue weighted by atomic mass is 19.3. The number of imide groups is 1. The minimum Gasteiger partial charge on any atom is -0.507 e. The average molecular weight is 671 g/mol. The van der Waals surface area contributed by atoms with Gasteiger partial charge < -0.3 is 15.7 Å². The summed E-state index contributed by atoms with van der Waals surface area (Å²) in [5.41, 5.74) is 9.97. The van der Waals surface area contributed by atoms with Crippen LogP contribution < -0.4 is 16.0 Å². The topological polar surface area (TPSA) is 142 Å². The van der Waals surface area contributed by atoms with E-state index in [1.807, 2.05) is 27.9 Å². The number of alkyl halides is 2. The highest BCUT2D eigenvalue weighted by Crippen LogP contribution is 2.44. The first-order valence-electron chi connectivity index (χ1n) is 16.8. The zero-order valence-corrected chi connectivity index (χ0v) is 27.3. The molecule has 7 rings (SSSR count). The molecule has 4 heterocycles. The van der Waals surface area contributed by atoms with Crippen molar-refractivity contribution in [1.82, 2.24) is 30.2 Å². The Morgan fingerprint density at radius 3 is 2.49 bits per heavy atom. The van der Waals surface area contributed by atoms with E-state index in [1.54, 1.807) is 60.6 Å². The van der Waals surface area contributed by atoms with Gasteiger partial charge >= 0.3 is 0 Å². The predicted molar refractivity (Wildman–Crippen MR) is 181 cm³/mol. The molecule has 0 radical (unpaired) electrons. The number of carbonyl (C=O) groups is 2. The summed E-state index contributed by atoms with van der Waals surface area (Å²) in [5.74, 6) is -4.11. The number of phenolic OH excluding ortho intramolecular Hbond substituents is 1. The van der Waals surface area contributed by atoms with Crippen molar-refractivity contribution in [3.63, 3.8) is 0 Å². The van der Waals surface area contributed by atoms with Crippen LogP contribution in [0.2, 0.25) is 0 Å². The molecule has 0 bridgehead atoms. The Kier molecular flexibility index (Phi) is 8.78. The van der Waals surface area contributed by atoms with Crippen molar-refractivity contribution in [2.24, 2.45) is 0 Å². The fraction of sp³-hybridized carbons (Fsp3) is 0.417. The lowest BCUT2D eigenvalue weighted by atomic mass is 9.83. The van der Waals surface area contributed by atoms with Crippen LogP contribution in [0, 0.1) is 0 Å². The highest BCUT2D eigenvalue weighted by molar-refractivity contribution is 6.01. The fourth-order valence-electron chi connectivity index (χ4n) is 7.70. The van der Waals surface area contributed by atoms with Gasteiger partial charge in [0.15, 0.2) is 5.82 Å². The zero-order chi connectivity index (χ0) is 34.3. The van der Waals surface area contributed by atoms with E-state index in [0.29, 0.717) is 47.5 Å². The molecule has 2 amide bonds. The number of hydrogen-bond acceptors (Lipinski definition) is 9. The van der Waals surface area contributed by atoms with Gasteiger partial charge in [0.05, 0.1) is 30.4 Å². The number of rotatable bonds is 7. The fourth-order valence-corrected chi connectivity index (χ4v) is 7.70. The van der Waals surface area contributed by atoms with Gasteiger partial charge in [-0.3, -0.25) is 24.5 Å². The van der Waals surface area contributed by atoms with Crippen molar-refractivity contribution in [2.45, 2.75) is 74.9 Å². The Labute approximate surface area is 283 Å². The molecule has 4 aromatic rings. The monoisotopic (exact) mass is 670 g/mol. The minimum atomic E-state index is -2.91. The standard InChI is InChI=1S/C36H40F2N8O3/c1-44(31-13-14-33(48)41-35(31)49)26-6-4-5-22(17-26)29-15-16-45(21-36(29,37)38)24-9-11-25(12-10-24)46-20-23(19-40-46)28-18-30(42-43-34(28)39)27-7-2-3-8-32(27)47/h2-8,17-20,24-25,29,31,47H,9-16,21H2,1H3,(H2,39,43)(H,41,48,49)/t24?,25?,29-,31-/m1/s1. The van der Waals surface area contributed by atoms with Crippen LogP contribution >= 0.6 is 0 Å². The van der Waals surface area contributed by atoms with Gasteiger partial charge in [-0.05, 0) is 81.0 Å². The number of piperidine rings is 2. The molecule has 2 aliphatic heterocycles. The molecule has 2 saturated heterocycles. The maximum atomic E-state index is 15.8. The number of likely N-dealkylation sites (N-methyl/N-ethyl adjacent to an activating group) is 1. The van der Waals surface area contributed by atoms with Crippen molar-refractivity contribution >= 4 is 23.3 Å². The Hall–Kier alpha value is -4.91. The number of aromatic nitrogens is 4. The van der Waals surface area contributed by atoms with E-state index in [2.05, 4.69) is 20.6 Å². The quantitative estimate of drug-likeness (QED) is 0.228. The highest BCUT2D eigenvalue weighted by Gasteiger charge is 2.47. The molecule has 0 unspecified atom stereocenters. The van der Waals surface area contributed by atoms with Crippen molar-refractivity contribution in [3.8, 4) is 28.1 Å². The maximum Gasteiger partial charge on any atom is 0.267 e. The van der Waals surface area contributed by atoms with E-state index in [0.717, 1.165) is 31.2 Å². The Morgan fingerprint density at radius 2 is 1.73 bits per heavy atom. The second kappa shape index (κ2) is 13.2. The Morgan fingerprint density at radius 1 is 0.959 bits per heavy atom. The molecule has 2 aromatic carbocycles. The predicted octanol–water partition coefficient (Wildman–Crippen LogP) is 5.14. The van der Waals surface area contributed by atoms with Crippen LogP contribution in [0.3, 0.4) is 0 Å². The minimum absolute atomic E-state index is 0.0734. The second-order valence-corrected chi connectivity index (χ2v) is 13.5. The van der Waals surface area contributed by atoms with Crippen molar-refractivity contribution in [3.05, 3.63) is 72.6 Å². The lowest BCUT2D eigenvalue weighted by molar-refractivity contribution is -0.134. The number of carbonyl (C=O) groups excluding carboxylic acids is 2. The van der Waals surface area contributed by atoms with Crippen molar-refractivity contribution in [1.29, 1.82) is 0 Å². The summed E-state index contributed by atoms with van der Waals surface area (Å²) in [7, 11) is 1.76. The number of para-hydroxylation sites is 1. The number of aromatic hydroxyl groups is 1. The lowest BCUT2D eigenvalue weighted by Gasteiger charge is -2.44. The van der Waals surface area contributed by atoms with Gasteiger partial charge in [-0.25, -0.2) is 8.78 Å². The molecule has 3 fully saturated rings. The van der Waals surface area contributed by atoms with Gasteiger partial charge in [-0.15, -0.1) is 10.2 Å². The van der Waals surface area contributed by atoms with E-state index in [-0.39, 0.29) is 48.4 Å². The van der Waals surface area contributed by atoms with Crippen molar-refractivity contribution < 1.29 is 23.5 Å². The van der Waals surface area contributed by atoms with Crippen LogP contribution in [0.4, 0.5) is 20.3 Å². The van der Waals surface area contributed by atoms with Gasteiger partial charge in [0.1, 0.15) is 11.8 Å². The Bertz CT molecular complexity index is 1860. The third kappa shape index (κ3) is 6.59. The SMILES string of the molecule is CN(c1cccc([C@H]2CCN(C3CCC(n4cc(-c5cc(-c6ccccc6O)nnc5N)cn4)CC3)CC2(F)F)c1)[C@@H]1CCC(=O)NC1=O. The maximum absolute atomic E-state index is 15.8. The molecule has 49 heavy (non-hydrogen) atoms. The average Bonchev–Trinajstić information content (AvgIpc) is 3.58. The van der Waals surface area contributed by atoms with E-state index in [1.165, 1.54) is 0 Å². The third-order valence-corrected chi connectivity index (χ3v) is 10.5. The van der Waals surface area contributed by atoms with Gasteiger partial charge in [0, 0.05) is 48.1 Å². The molecular formula is C36H40F2N8O3. The number of halogens is 2. The number of nitrogens with two attached hydrogens (primary N) is 1. The molecule has 11 nitrogen and oxygen atoms in total. The molecule has 256 valence electrons. The first kappa shape index (κ1) is 32.6. The smallest absolute Gasteiger partial charge is 0.267 e. The number of hydrogen-bond donors (Lipinski definition) is 3. The number of nitrogens with one attached hydrogen (secondary N) is 1. The number of nitrogens with zero attached hydrogens (tertiary/aromatic N) is 6. The zero-order valence-electron chi connectivity index (χ0n) is 27.3. The van der Waals surface area contributed by atoms with Crippen LogP contribution in [-0.2, 0) is 9.59 Å². The van der Waals surface area contributed by atoms with Crippen LogP contribution in [-0.4, -0.2) is 79.9 Å². The molecule has 2 aromatic heterocycles. The molecule has 1 aliphatic carbocycles. The normalized spacial score (nSPS) is 24.4. The second-order valence-electron chi connectivity index (χ2n) is 13.5. The number of nitrogen functional groups attached to an aromatic ring is 1. The summed E-state index contributed by atoms with van der Waals surface area (Å²) in [5, 5.41) is 25.6. The summed E-state index contributed by atoms with van der Waals surface area (Å²) in [6.07, 6.45) is 7.90. The van der Waals surface area contributed by atoms with Gasteiger partial charge in [-0.1, -0.05) is 24.3 Å². The largest absolute Gasteiger partial charge is 0.507 e. The first-order valence-corrected chi connectivity index (χ1v) is 16.8. The summed E-state index contributed by atoms with van der Waals surface area (Å²) >= 11 is 0. The number of likely N-dealkylation sites (tertiary alicyclic amines) is 1. The molecule has 13 heteroatoms. The third-order valence-electron chi connectivity index (χ3n) is 10.5. The van der Waals surface area contributed by atoms with E-state index in [9.17, 15) is 14.7 Å². The van der Waals surface area contributed by atoms with Gasteiger partial charge in [0.25, 0.3) is 5.92 Å². The lowest BCUT2D eigenvalue weighted by Crippen LogP contribution is -2.52. The molecule has 4 N–H and O–H groups in total. The molecule has 2 atom stereocenters. The van der Waals surface area contributed by atoms with E-state index < -0.39 is 17.9 Å². The summed E-state index contributed by atoms with van der Waals surface area (Å²) in [6.45, 7) is 0.294. The van der Waals surface area contributed by atoms with Crippen LogP contribution in [0.15, 0.2) is 67.0 Å². The molecule has 1 saturated carbocycles.